The second-order valence-electron chi connectivity index (χ2n) is 6.53. The normalized spacial score (nSPS) is 25.1. The van der Waals surface area contributed by atoms with E-state index in [2.05, 4.69) is 10.6 Å². The highest BCUT2D eigenvalue weighted by atomic mass is 15.1. The molecular formula is C17H23N5. The van der Waals surface area contributed by atoms with Crippen LogP contribution in [-0.2, 0) is 0 Å². The van der Waals surface area contributed by atoms with Crippen molar-refractivity contribution in [1.29, 1.82) is 0 Å². The van der Waals surface area contributed by atoms with E-state index in [0.29, 0.717) is 12.1 Å². The molecule has 0 radical (unpaired) electrons. The average Bonchev–Trinajstić information content (AvgIpc) is 3.34. The predicted octanol–water partition coefficient (Wildman–Crippen LogP) is 2.89. The van der Waals surface area contributed by atoms with Crippen molar-refractivity contribution >= 4 is 22.7 Å². The van der Waals surface area contributed by atoms with E-state index in [1.54, 1.807) is 0 Å². The van der Waals surface area contributed by atoms with Crippen molar-refractivity contribution in [2.75, 3.05) is 10.6 Å². The molecule has 0 bridgehead atoms. The summed E-state index contributed by atoms with van der Waals surface area (Å²) < 4.78 is 0. The lowest BCUT2D eigenvalue weighted by atomic mass is 9.91. The molecule has 1 heterocycles. The molecular weight excluding hydrogens is 274 g/mol. The summed E-state index contributed by atoms with van der Waals surface area (Å²) in [6.45, 7) is 0. The largest absolute Gasteiger partial charge is 0.364 e. The van der Waals surface area contributed by atoms with Crippen LogP contribution in [-0.4, -0.2) is 28.1 Å². The van der Waals surface area contributed by atoms with Gasteiger partial charge in [-0.3, -0.25) is 0 Å². The summed E-state index contributed by atoms with van der Waals surface area (Å²) in [7, 11) is 0. The van der Waals surface area contributed by atoms with E-state index in [1.165, 1.54) is 25.7 Å². The molecule has 2 aliphatic rings. The van der Waals surface area contributed by atoms with E-state index in [1.807, 2.05) is 24.3 Å². The zero-order chi connectivity index (χ0) is 14.9. The first kappa shape index (κ1) is 13.8. The molecule has 2 atom stereocenters. The lowest BCUT2D eigenvalue weighted by molar-refractivity contribution is 0.403. The Bertz CT molecular complexity index is 667. The van der Waals surface area contributed by atoms with Gasteiger partial charge >= 0.3 is 0 Å². The van der Waals surface area contributed by atoms with Gasteiger partial charge in [0.05, 0.1) is 11.0 Å². The highest BCUT2D eigenvalue weighted by molar-refractivity contribution is 5.80. The zero-order valence-electron chi connectivity index (χ0n) is 12.8. The average molecular weight is 297 g/mol. The third kappa shape index (κ3) is 2.86. The molecule has 116 valence electrons. The molecule has 2 fully saturated rings. The molecule has 2 aliphatic carbocycles. The van der Waals surface area contributed by atoms with Crippen LogP contribution in [0.1, 0.15) is 38.5 Å². The van der Waals surface area contributed by atoms with Crippen molar-refractivity contribution in [2.24, 2.45) is 5.73 Å². The lowest BCUT2D eigenvalue weighted by Gasteiger charge is -2.30. The molecule has 1 aromatic heterocycles. The predicted molar refractivity (Wildman–Crippen MR) is 90.0 cm³/mol. The van der Waals surface area contributed by atoms with Gasteiger partial charge in [-0.25, -0.2) is 9.97 Å². The molecule has 4 N–H and O–H groups in total. The number of hydrogen-bond acceptors (Lipinski definition) is 5. The number of para-hydroxylation sites is 2. The Balaban J connectivity index is 1.66. The highest BCUT2D eigenvalue weighted by Crippen LogP contribution is 2.30. The molecule has 5 nitrogen and oxygen atoms in total. The fourth-order valence-corrected chi connectivity index (χ4v) is 3.14. The van der Waals surface area contributed by atoms with Crippen LogP contribution < -0.4 is 16.4 Å². The SMILES string of the molecule is N[C@@H]1CCCC[C@@H]1Nc1nc2ccccc2nc1NC1CC1. The maximum absolute atomic E-state index is 6.27. The van der Waals surface area contributed by atoms with Gasteiger partial charge in [-0.2, -0.15) is 0 Å². The first-order chi connectivity index (χ1) is 10.8. The number of nitrogens with zero attached hydrogens (tertiary/aromatic N) is 2. The van der Waals surface area contributed by atoms with Gasteiger partial charge < -0.3 is 16.4 Å². The lowest BCUT2D eigenvalue weighted by Crippen LogP contribution is -2.43. The van der Waals surface area contributed by atoms with Gasteiger partial charge in [0.2, 0.25) is 0 Å². The molecule has 0 saturated heterocycles. The smallest absolute Gasteiger partial charge is 0.170 e. The van der Waals surface area contributed by atoms with E-state index in [9.17, 15) is 0 Å². The third-order valence-corrected chi connectivity index (χ3v) is 4.63. The fraction of sp³-hybridized carbons (Fsp3) is 0.529. The number of hydrogen-bond donors (Lipinski definition) is 3. The van der Waals surface area contributed by atoms with Crippen molar-refractivity contribution < 1.29 is 0 Å². The maximum Gasteiger partial charge on any atom is 0.170 e. The van der Waals surface area contributed by atoms with Gasteiger partial charge in [-0.1, -0.05) is 25.0 Å². The van der Waals surface area contributed by atoms with Crippen LogP contribution in [0.15, 0.2) is 24.3 Å². The maximum atomic E-state index is 6.27. The van der Waals surface area contributed by atoms with Gasteiger partial charge in [0.1, 0.15) is 0 Å². The van der Waals surface area contributed by atoms with Crippen LogP contribution in [0.4, 0.5) is 11.6 Å². The molecule has 0 amide bonds. The van der Waals surface area contributed by atoms with Crippen LogP contribution >= 0.6 is 0 Å². The van der Waals surface area contributed by atoms with Crippen LogP contribution in [0.5, 0.6) is 0 Å². The second kappa shape index (κ2) is 5.72. The van der Waals surface area contributed by atoms with Crippen molar-refractivity contribution in [3.63, 3.8) is 0 Å². The molecule has 0 spiro atoms. The van der Waals surface area contributed by atoms with Gasteiger partial charge in [0, 0.05) is 18.1 Å². The summed E-state index contributed by atoms with van der Waals surface area (Å²) in [6, 6.07) is 9.07. The van der Waals surface area contributed by atoms with Gasteiger partial charge in [-0.15, -0.1) is 0 Å². The molecule has 0 aliphatic heterocycles. The van der Waals surface area contributed by atoms with Gasteiger partial charge in [0.15, 0.2) is 11.6 Å². The second-order valence-corrected chi connectivity index (χ2v) is 6.53. The Labute approximate surface area is 130 Å². The number of nitrogens with one attached hydrogen (secondary N) is 2. The molecule has 4 rings (SSSR count). The zero-order valence-corrected chi connectivity index (χ0v) is 12.8. The Kier molecular flexibility index (Phi) is 3.58. The third-order valence-electron chi connectivity index (χ3n) is 4.63. The van der Waals surface area contributed by atoms with E-state index < -0.39 is 0 Å². The van der Waals surface area contributed by atoms with Crippen LogP contribution in [0, 0.1) is 0 Å². The minimum atomic E-state index is 0.204. The fourth-order valence-electron chi connectivity index (χ4n) is 3.14. The summed E-state index contributed by atoms with van der Waals surface area (Å²) in [5, 5.41) is 7.07. The van der Waals surface area contributed by atoms with Crippen LogP contribution in [0.3, 0.4) is 0 Å². The summed E-state index contributed by atoms with van der Waals surface area (Å²) >= 11 is 0. The molecule has 2 aromatic rings. The quantitative estimate of drug-likeness (QED) is 0.809. The highest BCUT2D eigenvalue weighted by Gasteiger charge is 2.26. The topological polar surface area (TPSA) is 75.9 Å². The van der Waals surface area contributed by atoms with E-state index in [4.69, 9.17) is 15.7 Å². The number of rotatable bonds is 4. The number of fused-ring (bicyclic) bond motifs is 1. The van der Waals surface area contributed by atoms with Crippen molar-refractivity contribution in [2.45, 2.75) is 56.7 Å². The first-order valence-electron chi connectivity index (χ1n) is 8.35. The van der Waals surface area contributed by atoms with Crippen molar-refractivity contribution in [1.82, 2.24) is 9.97 Å². The molecule has 0 unspecified atom stereocenters. The van der Waals surface area contributed by atoms with Gasteiger partial charge in [-0.05, 0) is 37.8 Å². The van der Waals surface area contributed by atoms with E-state index in [0.717, 1.165) is 35.5 Å². The Morgan fingerprint density at radius 2 is 1.50 bits per heavy atom. The molecule has 2 saturated carbocycles. The van der Waals surface area contributed by atoms with Crippen molar-refractivity contribution in [3.05, 3.63) is 24.3 Å². The summed E-state index contributed by atoms with van der Waals surface area (Å²) in [6.07, 6.45) is 7.10. The number of anilines is 2. The number of nitrogens with two attached hydrogens (primary N) is 1. The standard InChI is InChI=1S/C17H23N5/c18-12-5-1-2-6-13(12)20-17-16(19-11-9-10-11)21-14-7-3-4-8-15(14)22-17/h3-4,7-8,11-13H,1-2,5-6,9-10,18H2,(H,19,21)(H,20,22)/t12-,13+/m1/s1. The molecule has 5 heteroatoms. The Morgan fingerprint density at radius 1 is 0.864 bits per heavy atom. The van der Waals surface area contributed by atoms with Gasteiger partial charge in [0.25, 0.3) is 0 Å². The van der Waals surface area contributed by atoms with Crippen LogP contribution in [0.25, 0.3) is 11.0 Å². The van der Waals surface area contributed by atoms with Crippen molar-refractivity contribution in [3.8, 4) is 0 Å². The monoisotopic (exact) mass is 297 g/mol. The minimum absolute atomic E-state index is 0.204. The van der Waals surface area contributed by atoms with Crippen LogP contribution in [0.2, 0.25) is 0 Å². The first-order valence-corrected chi connectivity index (χ1v) is 8.35. The Hall–Kier alpha value is -1.88. The number of benzene rings is 1. The minimum Gasteiger partial charge on any atom is -0.364 e. The van der Waals surface area contributed by atoms with E-state index in [-0.39, 0.29) is 6.04 Å². The molecule has 22 heavy (non-hydrogen) atoms. The van der Waals surface area contributed by atoms with E-state index >= 15 is 0 Å². The Morgan fingerprint density at radius 3 is 2.14 bits per heavy atom. The molecule has 1 aromatic carbocycles. The number of aromatic nitrogens is 2. The summed E-state index contributed by atoms with van der Waals surface area (Å²) in [4.78, 5) is 9.56. The summed E-state index contributed by atoms with van der Waals surface area (Å²) in [5.74, 6) is 1.73. The summed E-state index contributed by atoms with van der Waals surface area (Å²) in [5.41, 5.74) is 8.13.